The van der Waals surface area contributed by atoms with Gasteiger partial charge in [0.2, 0.25) is 0 Å². The lowest BCUT2D eigenvalue weighted by Crippen LogP contribution is -2.30. The molecule has 0 saturated heterocycles. The van der Waals surface area contributed by atoms with Gasteiger partial charge in [0, 0.05) is 13.6 Å². The van der Waals surface area contributed by atoms with Crippen LogP contribution >= 0.6 is 12.2 Å². The fourth-order valence-electron chi connectivity index (χ4n) is 2.32. The quantitative estimate of drug-likeness (QED) is 0.623. The minimum atomic E-state index is -0.481. The summed E-state index contributed by atoms with van der Waals surface area (Å²) >= 11 is 5.22. The molecule has 2 aromatic heterocycles. The molecule has 22 heavy (non-hydrogen) atoms. The Morgan fingerprint density at radius 2 is 1.91 bits per heavy atom. The maximum Gasteiger partial charge on any atom is 0.329 e. The summed E-state index contributed by atoms with van der Waals surface area (Å²) in [5.74, 6) is 0. The summed E-state index contributed by atoms with van der Waals surface area (Å²) in [5.41, 5.74) is 4.05. The first-order valence-corrected chi connectivity index (χ1v) is 7.20. The number of hydrogen-bond donors (Lipinski definition) is 3. The molecule has 8 heteroatoms. The molecule has 114 valence electrons. The van der Waals surface area contributed by atoms with Crippen molar-refractivity contribution in [2.75, 3.05) is 12.0 Å². The van der Waals surface area contributed by atoms with Crippen molar-refractivity contribution in [3.63, 3.8) is 0 Å². The number of nitrogens with zero attached hydrogens (tertiary/aromatic N) is 2. The van der Waals surface area contributed by atoms with Crippen LogP contribution in [0, 0.1) is 4.77 Å². The van der Waals surface area contributed by atoms with Crippen LogP contribution in [0.3, 0.4) is 0 Å². The smallest absolute Gasteiger partial charge is 0.323 e. The summed E-state index contributed by atoms with van der Waals surface area (Å²) in [7, 11) is 1.57. The second kappa shape index (κ2) is 5.64. The second-order valence-corrected chi connectivity index (χ2v) is 5.31. The summed E-state index contributed by atoms with van der Waals surface area (Å²) < 4.78 is 3.17. The van der Waals surface area contributed by atoms with Gasteiger partial charge < -0.3 is 10.4 Å². The Balaban J connectivity index is 1.93. The van der Waals surface area contributed by atoms with Crippen molar-refractivity contribution in [3.8, 4) is 0 Å². The standard InChI is InChI=1S/C14H15N5O2S/c1-18-11-10(12(20)17-13(18)21)19(14(22)16-11)15-8-7-9-5-3-2-4-6-9/h2-6,15H,7-8H2,1H3,(H,16,22)(H,17,20,21). The third-order valence-corrected chi connectivity index (χ3v) is 3.76. The van der Waals surface area contributed by atoms with Crippen LogP contribution in [0.25, 0.3) is 11.2 Å². The van der Waals surface area contributed by atoms with Crippen LogP contribution in [-0.2, 0) is 13.5 Å². The molecule has 0 aliphatic heterocycles. The molecule has 0 atom stereocenters. The van der Waals surface area contributed by atoms with Crippen LogP contribution in [0.15, 0.2) is 39.9 Å². The van der Waals surface area contributed by atoms with Gasteiger partial charge in [-0.1, -0.05) is 30.3 Å². The van der Waals surface area contributed by atoms with E-state index in [1.807, 2.05) is 30.3 Å². The summed E-state index contributed by atoms with van der Waals surface area (Å²) in [4.78, 5) is 28.8. The Kier molecular flexibility index (Phi) is 3.68. The molecule has 0 aliphatic carbocycles. The van der Waals surface area contributed by atoms with E-state index in [1.165, 1.54) is 14.8 Å². The molecule has 1 aromatic carbocycles. The van der Waals surface area contributed by atoms with E-state index in [9.17, 15) is 9.59 Å². The molecule has 0 bridgehead atoms. The average molecular weight is 317 g/mol. The number of aromatic nitrogens is 4. The SMILES string of the molecule is Cn1c(=O)[nH]c(=O)c2c1[nH]c(=S)n2NCCc1ccccc1. The van der Waals surface area contributed by atoms with E-state index in [-0.39, 0.29) is 0 Å². The van der Waals surface area contributed by atoms with Crippen LogP contribution < -0.4 is 16.7 Å². The van der Waals surface area contributed by atoms with E-state index in [2.05, 4.69) is 15.4 Å². The molecular weight excluding hydrogens is 302 g/mol. The van der Waals surface area contributed by atoms with Crippen molar-refractivity contribution >= 4 is 23.4 Å². The van der Waals surface area contributed by atoms with Crippen molar-refractivity contribution in [2.24, 2.45) is 7.05 Å². The number of H-pyrrole nitrogens is 2. The van der Waals surface area contributed by atoms with E-state index < -0.39 is 11.2 Å². The highest BCUT2D eigenvalue weighted by molar-refractivity contribution is 7.71. The van der Waals surface area contributed by atoms with E-state index in [0.717, 1.165) is 6.42 Å². The lowest BCUT2D eigenvalue weighted by atomic mass is 10.2. The van der Waals surface area contributed by atoms with Gasteiger partial charge in [-0.25, -0.2) is 9.47 Å². The molecular formula is C14H15N5O2S. The zero-order valence-electron chi connectivity index (χ0n) is 11.9. The number of aryl methyl sites for hydroxylation is 1. The number of rotatable bonds is 4. The van der Waals surface area contributed by atoms with Gasteiger partial charge in [0.05, 0.1) is 0 Å². The van der Waals surface area contributed by atoms with Gasteiger partial charge in [0.1, 0.15) is 5.65 Å². The Hall–Kier alpha value is -2.61. The molecule has 0 amide bonds. The first-order chi connectivity index (χ1) is 10.6. The number of fused-ring (bicyclic) bond motifs is 1. The van der Waals surface area contributed by atoms with E-state index in [4.69, 9.17) is 12.2 Å². The maximum atomic E-state index is 12.0. The number of nitrogens with one attached hydrogen (secondary N) is 3. The molecule has 0 spiro atoms. The summed E-state index contributed by atoms with van der Waals surface area (Å²) in [6.07, 6.45) is 0.791. The van der Waals surface area contributed by atoms with Crippen molar-refractivity contribution in [1.29, 1.82) is 0 Å². The van der Waals surface area contributed by atoms with Gasteiger partial charge in [-0.3, -0.25) is 14.3 Å². The van der Waals surface area contributed by atoms with E-state index in [0.29, 0.717) is 22.5 Å². The molecule has 0 saturated carbocycles. The summed E-state index contributed by atoms with van der Waals surface area (Å²) in [6, 6.07) is 9.99. The third-order valence-electron chi connectivity index (χ3n) is 3.48. The van der Waals surface area contributed by atoms with Crippen molar-refractivity contribution in [1.82, 2.24) is 19.2 Å². The highest BCUT2D eigenvalue weighted by Gasteiger charge is 2.12. The number of imidazole rings is 1. The zero-order chi connectivity index (χ0) is 15.7. The first kappa shape index (κ1) is 14.3. The lowest BCUT2D eigenvalue weighted by Gasteiger charge is -2.08. The van der Waals surface area contributed by atoms with Gasteiger partial charge in [-0.15, -0.1) is 0 Å². The molecule has 3 rings (SSSR count). The molecule has 0 fully saturated rings. The van der Waals surface area contributed by atoms with Crippen LogP contribution in [0.5, 0.6) is 0 Å². The highest BCUT2D eigenvalue weighted by Crippen LogP contribution is 2.05. The minimum Gasteiger partial charge on any atom is -0.323 e. The Labute approximate surface area is 130 Å². The fraction of sp³-hybridized carbons (Fsp3) is 0.214. The molecule has 3 N–H and O–H groups in total. The maximum absolute atomic E-state index is 12.0. The van der Waals surface area contributed by atoms with Gasteiger partial charge in [-0.05, 0) is 24.2 Å². The molecule has 7 nitrogen and oxygen atoms in total. The predicted octanol–water partition coefficient (Wildman–Crippen LogP) is 0.872. The van der Waals surface area contributed by atoms with Gasteiger partial charge in [0.25, 0.3) is 5.56 Å². The molecule has 0 aliphatic rings. The molecule has 0 unspecified atom stereocenters. The summed E-state index contributed by atoms with van der Waals surface area (Å²) in [6.45, 7) is 0.605. The molecule has 0 radical (unpaired) electrons. The largest absolute Gasteiger partial charge is 0.329 e. The first-order valence-electron chi connectivity index (χ1n) is 6.80. The normalized spacial score (nSPS) is 11.0. The number of hydrogen-bond acceptors (Lipinski definition) is 4. The minimum absolute atomic E-state index is 0.306. The predicted molar refractivity (Wildman–Crippen MR) is 87.4 cm³/mol. The Morgan fingerprint density at radius 1 is 1.18 bits per heavy atom. The van der Waals surface area contributed by atoms with E-state index >= 15 is 0 Å². The fourth-order valence-corrected chi connectivity index (χ4v) is 2.58. The van der Waals surface area contributed by atoms with Crippen LogP contribution in [0.4, 0.5) is 0 Å². The topological polar surface area (TPSA) is 87.6 Å². The van der Waals surface area contributed by atoms with Crippen LogP contribution in [0.1, 0.15) is 5.56 Å². The summed E-state index contributed by atoms with van der Waals surface area (Å²) in [5, 5.41) is 0. The second-order valence-electron chi connectivity index (χ2n) is 4.92. The van der Waals surface area contributed by atoms with Crippen molar-refractivity contribution in [3.05, 3.63) is 61.5 Å². The molecule has 2 heterocycles. The third kappa shape index (κ3) is 2.48. The monoisotopic (exact) mass is 317 g/mol. The Morgan fingerprint density at radius 3 is 2.64 bits per heavy atom. The Bertz CT molecular complexity index is 980. The van der Waals surface area contributed by atoms with Crippen LogP contribution in [-0.4, -0.2) is 25.8 Å². The zero-order valence-corrected chi connectivity index (χ0v) is 12.7. The van der Waals surface area contributed by atoms with E-state index in [1.54, 1.807) is 7.05 Å². The number of benzene rings is 1. The van der Waals surface area contributed by atoms with Gasteiger partial charge in [-0.2, -0.15) is 0 Å². The highest BCUT2D eigenvalue weighted by atomic mass is 32.1. The van der Waals surface area contributed by atoms with Gasteiger partial charge in [0.15, 0.2) is 10.3 Å². The number of aromatic amines is 2. The lowest BCUT2D eigenvalue weighted by molar-refractivity contribution is 0.815. The van der Waals surface area contributed by atoms with Gasteiger partial charge >= 0.3 is 5.69 Å². The van der Waals surface area contributed by atoms with Crippen molar-refractivity contribution in [2.45, 2.75) is 6.42 Å². The molecule has 3 aromatic rings. The average Bonchev–Trinajstić information content (AvgIpc) is 2.84. The van der Waals surface area contributed by atoms with Crippen LogP contribution in [0.2, 0.25) is 0 Å². The van der Waals surface area contributed by atoms with Crippen molar-refractivity contribution < 1.29 is 0 Å².